The third-order valence-corrected chi connectivity index (χ3v) is 5.43. The highest BCUT2D eigenvalue weighted by molar-refractivity contribution is 14.1. The van der Waals surface area contributed by atoms with Gasteiger partial charge in [0, 0.05) is 8.89 Å². The fourth-order valence-electron chi connectivity index (χ4n) is 1.42. The van der Waals surface area contributed by atoms with Gasteiger partial charge < -0.3 is 9.72 Å². The molecule has 0 saturated carbocycles. The molecule has 100 valence electrons. The number of rotatable bonds is 5. The number of nitrogens with one attached hydrogen (secondary N) is 1. The van der Waals surface area contributed by atoms with E-state index in [0.717, 1.165) is 14.5 Å². The summed E-state index contributed by atoms with van der Waals surface area (Å²) in [6.45, 7) is 9.51. The minimum Gasteiger partial charge on any atom is -0.372 e. The molecule has 0 radical (unpaired) electrons. The zero-order valence-corrected chi connectivity index (χ0v) is 14.5. The second-order valence-electron chi connectivity index (χ2n) is 5.17. The number of aromatic nitrogens is 1. The lowest BCUT2D eigenvalue weighted by atomic mass is 10.3. The summed E-state index contributed by atoms with van der Waals surface area (Å²) in [7, 11) is -1.48. The molecule has 1 heterocycles. The number of H-pyrrole nitrogens is 1. The lowest BCUT2D eigenvalue weighted by Crippen LogP contribution is -2.43. The average molecular weight is 377 g/mol. The van der Waals surface area contributed by atoms with Gasteiger partial charge in [0.1, 0.15) is 0 Å². The molecule has 18 heavy (non-hydrogen) atoms. The maximum atomic E-state index is 12.0. The van der Waals surface area contributed by atoms with Crippen molar-refractivity contribution < 1.29 is 4.74 Å². The molecule has 5 heteroatoms. The first kappa shape index (κ1) is 15.7. The molecule has 3 nitrogen and oxygen atoms in total. The Hall–Kier alpha value is -0.403. The van der Waals surface area contributed by atoms with E-state index in [1.54, 1.807) is 0 Å². The summed E-state index contributed by atoms with van der Waals surface area (Å²) in [4.78, 5) is 15.0. The van der Waals surface area contributed by atoms with E-state index in [9.17, 15) is 4.79 Å². The largest absolute Gasteiger partial charge is 0.372 e. The van der Waals surface area contributed by atoms with Gasteiger partial charge in [-0.05, 0) is 35.6 Å². The fraction of sp³-hybridized carbons (Fsp3) is 0.462. The summed E-state index contributed by atoms with van der Waals surface area (Å²) < 4.78 is 6.44. The summed E-state index contributed by atoms with van der Waals surface area (Å²) in [5, 5.41) is 1.09. The molecule has 0 saturated heterocycles. The highest BCUT2D eigenvalue weighted by atomic mass is 127. The number of hydrogen-bond donors (Lipinski definition) is 1. The molecule has 0 unspecified atom stereocenters. The van der Waals surface area contributed by atoms with Crippen LogP contribution >= 0.6 is 22.6 Å². The molecule has 0 spiro atoms. The van der Waals surface area contributed by atoms with Crippen LogP contribution in [0.3, 0.4) is 0 Å². The summed E-state index contributed by atoms with van der Waals surface area (Å²) in [5.41, 5.74) is 0.710. The molecule has 1 aromatic rings. The van der Waals surface area contributed by atoms with Crippen molar-refractivity contribution in [1.82, 2.24) is 4.98 Å². The van der Waals surface area contributed by atoms with Crippen molar-refractivity contribution in [3.05, 3.63) is 37.7 Å². The normalized spacial score (nSPS) is 12.3. The van der Waals surface area contributed by atoms with E-state index in [4.69, 9.17) is 4.74 Å². The summed E-state index contributed by atoms with van der Waals surface area (Å²) >= 11 is 2.22. The molecular formula is C13H20INO2Si. The molecule has 0 aliphatic heterocycles. The van der Waals surface area contributed by atoms with Crippen molar-refractivity contribution in [2.75, 3.05) is 6.61 Å². The average Bonchev–Trinajstić information content (AvgIpc) is 2.25. The molecule has 1 aromatic heterocycles. The van der Waals surface area contributed by atoms with E-state index in [1.807, 2.05) is 19.1 Å². The number of aromatic amines is 1. The SMILES string of the molecule is C/C=C/COCc1c(I)cc([Si](C)(C)C)[nH]c1=O. The standard InChI is InChI=1S/C13H20INO2Si/c1-5-6-7-17-9-10-11(14)8-12(15-13(10)16)18(2,3)4/h5-6,8H,7,9H2,1-4H3,(H,15,16)/b6-5+. The van der Waals surface area contributed by atoms with Gasteiger partial charge in [0.2, 0.25) is 0 Å². The Kier molecular flexibility index (Phi) is 5.80. The molecule has 0 aromatic carbocycles. The second-order valence-corrected chi connectivity index (χ2v) is 11.4. The second kappa shape index (κ2) is 6.67. The van der Waals surface area contributed by atoms with Crippen LogP contribution in [0.5, 0.6) is 0 Å². The van der Waals surface area contributed by atoms with E-state index in [0.29, 0.717) is 13.2 Å². The van der Waals surface area contributed by atoms with Crippen molar-refractivity contribution in [2.45, 2.75) is 33.2 Å². The van der Waals surface area contributed by atoms with Crippen LogP contribution in [0.15, 0.2) is 23.0 Å². The maximum Gasteiger partial charge on any atom is 0.254 e. The Balaban J connectivity index is 2.92. The molecule has 0 bridgehead atoms. The zero-order chi connectivity index (χ0) is 13.8. The number of pyridine rings is 1. The van der Waals surface area contributed by atoms with Crippen LogP contribution in [0.2, 0.25) is 19.6 Å². The predicted octanol–water partition coefficient (Wildman–Crippen LogP) is 2.62. The Bertz CT molecular complexity index is 489. The van der Waals surface area contributed by atoms with Crippen LogP contribution in [0, 0.1) is 3.57 Å². The zero-order valence-electron chi connectivity index (χ0n) is 11.3. The lowest BCUT2D eigenvalue weighted by Gasteiger charge is -2.17. The van der Waals surface area contributed by atoms with Gasteiger partial charge >= 0.3 is 0 Å². The van der Waals surface area contributed by atoms with Crippen molar-refractivity contribution in [2.24, 2.45) is 0 Å². The minimum atomic E-state index is -1.48. The van der Waals surface area contributed by atoms with Gasteiger partial charge in [-0.25, -0.2) is 0 Å². The molecule has 0 amide bonds. The van der Waals surface area contributed by atoms with Gasteiger partial charge in [0.05, 0.1) is 26.9 Å². The van der Waals surface area contributed by atoms with E-state index < -0.39 is 8.07 Å². The van der Waals surface area contributed by atoms with Gasteiger partial charge in [-0.3, -0.25) is 4.79 Å². The van der Waals surface area contributed by atoms with E-state index in [-0.39, 0.29) is 5.56 Å². The summed E-state index contributed by atoms with van der Waals surface area (Å²) in [6.07, 6.45) is 3.86. The van der Waals surface area contributed by atoms with E-state index >= 15 is 0 Å². The van der Waals surface area contributed by atoms with Crippen LogP contribution in [0.1, 0.15) is 12.5 Å². The Morgan fingerprint density at radius 3 is 2.61 bits per heavy atom. The van der Waals surface area contributed by atoms with Crippen LogP contribution in [0.4, 0.5) is 0 Å². The van der Waals surface area contributed by atoms with Gasteiger partial charge in [-0.1, -0.05) is 31.8 Å². The number of hydrogen-bond acceptors (Lipinski definition) is 2. The van der Waals surface area contributed by atoms with Gasteiger partial charge in [-0.15, -0.1) is 0 Å². The Morgan fingerprint density at radius 2 is 2.11 bits per heavy atom. The topological polar surface area (TPSA) is 42.1 Å². The third kappa shape index (κ3) is 4.36. The molecule has 0 atom stereocenters. The Morgan fingerprint density at radius 1 is 1.44 bits per heavy atom. The van der Waals surface area contributed by atoms with E-state index in [2.05, 4.69) is 53.3 Å². The van der Waals surface area contributed by atoms with Crippen molar-refractivity contribution >= 4 is 36.0 Å². The molecule has 1 rings (SSSR count). The smallest absolute Gasteiger partial charge is 0.254 e. The van der Waals surface area contributed by atoms with E-state index in [1.165, 1.54) is 0 Å². The fourth-order valence-corrected chi connectivity index (χ4v) is 3.49. The minimum absolute atomic E-state index is 0.0141. The van der Waals surface area contributed by atoms with Crippen molar-refractivity contribution in [1.29, 1.82) is 0 Å². The number of ether oxygens (including phenoxy) is 1. The molecule has 1 N–H and O–H groups in total. The van der Waals surface area contributed by atoms with Gasteiger partial charge in [-0.2, -0.15) is 0 Å². The summed E-state index contributed by atoms with van der Waals surface area (Å²) in [6, 6.07) is 2.09. The van der Waals surface area contributed by atoms with Crippen LogP contribution in [-0.2, 0) is 11.3 Å². The van der Waals surface area contributed by atoms with Gasteiger partial charge in [0.15, 0.2) is 0 Å². The first-order chi connectivity index (χ1) is 8.36. The maximum absolute atomic E-state index is 12.0. The third-order valence-electron chi connectivity index (χ3n) is 2.59. The monoisotopic (exact) mass is 377 g/mol. The van der Waals surface area contributed by atoms with Crippen molar-refractivity contribution in [3.8, 4) is 0 Å². The molecule has 0 aliphatic carbocycles. The van der Waals surface area contributed by atoms with Gasteiger partial charge in [0.25, 0.3) is 5.56 Å². The molecule has 0 fully saturated rings. The first-order valence-corrected chi connectivity index (χ1v) is 10.5. The quantitative estimate of drug-likeness (QED) is 0.371. The number of halogens is 1. The first-order valence-electron chi connectivity index (χ1n) is 5.97. The summed E-state index contributed by atoms with van der Waals surface area (Å²) in [5.74, 6) is 0. The Labute approximate surface area is 123 Å². The molecular weight excluding hydrogens is 357 g/mol. The highest BCUT2D eigenvalue weighted by Gasteiger charge is 2.19. The van der Waals surface area contributed by atoms with Crippen LogP contribution in [0.25, 0.3) is 0 Å². The lowest BCUT2D eigenvalue weighted by molar-refractivity contribution is 0.147. The number of allylic oxidation sites excluding steroid dienone is 1. The predicted molar refractivity (Wildman–Crippen MR) is 87.2 cm³/mol. The van der Waals surface area contributed by atoms with Crippen LogP contribution in [-0.4, -0.2) is 19.7 Å². The van der Waals surface area contributed by atoms with Crippen molar-refractivity contribution in [3.63, 3.8) is 0 Å². The van der Waals surface area contributed by atoms with Crippen LogP contribution < -0.4 is 10.9 Å². The highest BCUT2D eigenvalue weighted by Crippen LogP contribution is 2.09. The molecule has 0 aliphatic rings.